The van der Waals surface area contributed by atoms with Crippen molar-refractivity contribution in [3.8, 4) is 0 Å². The van der Waals surface area contributed by atoms with E-state index in [0.717, 1.165) is 6.54 Å². The molecule has 0 N–H and O–H groups in total. The Hall–Kier alpha value is -2.80. The zero-order valence-electron chi connectivity index (χ0n) is 17.9. The molecule has 0 radical (unpaired) electrons. The van der Waals surface area contributed by atoms with Crippen molar-refractivity contribution in [2.45, 2.75) is 51.0 Å². The second kappa shape index (κ2) is 8.52. The summed E-state index contributed by atoms with van der Waals surface area (Å²) in [6.07, 6.45) is 9.21. The fourth-order valence-corrected chi connectivity index (χ4v) is 5.56. The van der Waals surface area contributed by atoms with Gasteiger partial charge in [0.1, 0.15) is 0 Å². The topological polar surface area (TPSA) is 3.24 Å². The number of anilines is 1. The van der Waals surface area contributed by atoms with Gasteiger partial charge in [-0.3, -0.25) is 0 Å². The Morgan fingerprint density at radius 1 is 0.833 bits per heavy atom. The number of rotatable bonds is 4. The molecule has 0 amide bonds. The standard InChI is InChI=1S/C29H31N/c1-2-30-28-17-11-5-10-16-25(28)27-21-22(18-19-29(27)30)20-26(23-12-6-3-7-13-23)24-14-8-4-9-15-24/h3-4,6-9,12-15,18-21,25,28H,2,5,10-11,16-17H2,1H3. The van der Waals surface area contributed by atoms with Crippen LogP contribution in [0.15, 0.2) is 78.9 Å². The van der Waals surface area contributed by atoms with Crippen LogP contribution in [-0.4, -0.2) is 12.6 Å². The quantitative estimate of drug-likeness (QED) is 0.414. The van der Waals surface area contributed by atoms with Gasteiger partial charge in [0.25, 0.3) is 0 Å². The molecule has 0 bridgehead atoms. The van der Waals surface area contributed by atoms with Crippen molar-refractivity contribution in [3.05, 3.63) is 101 Å². The Kier molecular flexibility index (Phi) is 5.45. The minimum Gasteiger partial charge on any atom is -0.368 e. The van der Waals surface area contributed by atoms with E-state index in [1.165, 1.54) is 60.1 Å². The summed E-state index contributed by atoms with van der Waals surface area (Å²) in [4.78, 5) is 2.67. The maximum absolute atomic E-state index is 2.67. The third-order valence-corrected chi connectivity index (χ3v) is 6.96. The molecular formula is C29H31N. The van der Waals surface area contributed by atoms with Gasteiger partial charge in [0.2, 0.25) is 0 Å². The molecule has 0 aromatic heterocycles. The van der Waals surface area contributed by atoms with Gasteiger partial charge in [-0.1, -0.05) is 86.0 Å². The zero-order valence-corrected chi connectivity index (χ0v) is 17.9. The predicted molar refractivity (Wildman–Crippen MR) is 129 cm³/mol. The molecule has 3 aromatic carbocycles. The zero-order chi connectivity index (χ0) is 20.3. The SMILES string of the molecule is CCN1c2ccc(C=C(c3ccccc3)c3ccccc3)cc2C2CCCCCC21. The van der Waals surface area contributed by atoms with E-state index in [-0.39, 0.29) is 0 Å². The van der Waals surface area contributed by atoms with Gasteiger partial charge in [-0.2, -0.15) is 0 Å². The summed E-state index contributed by atoms with van der Waals surface area (Å²) in [7, 11) is 0. The molecule has 1 heteroatoms. The van der Waals surface area contributed by atoms with Crippen LogP contribution >= 0.6 is 0 Å². The van der Waals surface area contributed by atoms with E-state index in [4.69, 9.17) is 0 Å². The molecule has 0 saturated heterocycles. The molecule has 5 rings (SSSR count). The Morgan fingerprint density at radius 3 is 2.17 bits per heavy atom. The van der Waals surface area contributed by atoms with Crippen LogP contribution in [0.5, 0.6) is 0 Å². The monoisotopic (exact) mass is 393 g/mol. The first kappa shape index (κ1) is 19.2. The van der Waals surface area contributed by atoms with Gasteiger partial charge in [0.15, 0.2) is 0 Å². The van der Waals surface area contributed by atoms with Crippen LogP contribution in [-0.2, 0) is 0 Å². The highest BCUT2D eigenvalue weighted by Gasteiger charge is 2.37. The highest BCUT2D eigenvalue weighted by molar-refractivity contribution is 5.91. The van der Waals surface area contributed by atoms with E-state index in [0.29, 0.717) is 12.0 Å². The number of hydrogen-bond acceptors (Lipinski definition) is 1. The van der Waals surface area contributed by atoms with Crippen molar-refractivity contribution < 1.29 is 0 Å². The molecule has 1 saturated carbocycles. The van der Waals surface area contributed by atoms with E-state index in [1.54, 1.807) is 5.56 Å². The van der Waals surface area contributed by atoms with Crippen LogP contribution in [0.1, 0.15) is 67.2 Å². The lowest BCUT2D eigenvalue weighted by Crippen LogP contribution is -2.33. The molecule has 0 spiro atoms. The summed E-state index contributed by atoms with van der Waals surface area (Å²) in [5, 5.41) is 0. The van der Waals surface area contributed by atoms with E-state index >= 15 is 0 Å². The number of likely N-dealkylation sites (N-methyl/N-ethyl adjacent to an activating group) is 1. The molecule has 2 aliphatic rings. The maximum Gasteiger partial charge on any atom is 0.0405 e. The number of benzene rings is 3. The van der Waals surface area contributed by atoms with Gasteiger partial charge in [0, 0.05) is 24.2 Å². The largest absolute Gasteiger partial charge is 0.368 e. The molecule has 152 valence electrons. The Balaban J connectivity index is 1.59. The Morgan fingerprint density at radius 2 is 1.50 bits per heavy atom. The van der Waals surface area contributed by atoms with Crippen LogP contribution in [0.3, 0.4) is 0 Å². The van der Waals surface area contributed by atoms with Crippen LogP contribution in [0.25, 0.3) is 11.6 Å². The summed E-state index contributed by atoms with van der Waals surface area (Å²) in [5.74, 6) is 0.702. The molecule has 1 aliphatic heterocycles. The van der Waals surface area contributed by atoms with Crippen LogP contribution in [0.2, 0.25) is 0 Å². The van der Waals surface area contributed by atoms with Gasteiger partial charge in [-0.25, -0.2) is 0 Å². The summed E-state index contributed by atoms with van der Waals surface area (Å²) in [5.41, 5.74) is 8.21. The van der Waals surface area contributed by atoms with Gasteiger partial charge < -0.3 is 4.90 Å². The van der Waals surface area contributed by atoms with E-state index < -0.39 is 0 Å². The Labute approximate surface area is 181 Å². The van der Waals surface area contributed by atoms with Crippen LogP contribution in [0, 0.1) is 0 Å². The summed E-state index contributed by atoms with van der Waals surface area (Å²) in [6, 6.07) is 29.4. The molecular weight excluding hydrogens is 362 g/mol. The van der Waals surface area contributed by atoms with Crippen molar-refractivity contribution in [2.75, 3.05) is 11.4 Å². The molecule has 2 unspecified atom stereocenters. The van der Waals surface area contributed by atoms with Crippen molar-refractivity contribution in [3.63, 3.8) is 0 Å². The maximum atomic E-state index is 2.67. The van der Waals surface area contributed by atoms with E-state index in [1.807, 2.05) is 0 Å². The first-order valence-corrected chi connectivity index (χ1v) is 11.6. The second-order valence-electron chi connectivity index (χ2n) is 8.71. The normalized spacial score (nSPS) is 20.2. The fraction of sp³-hybridized carbons (Fsp3) is 0.310. The van der Waals surface area contributed by atoms with Gasteiger partial charge >= 0.3 is 0 Å². The highest BCUT2D eigenvalue weighted by Crippen LogP contribution is 2.47. The van der Waals surface area contributed by atoms with Crippen LogP contribution < -0.4 is 4.90 Å². The van der Waals surface area contributed by atoms with Gasteiger partial charge in [-0.15, -0.1) is 0 Å². The van der Waals surface area contributed by atoms with E-state index in [2.05, 4.69) is 96.8 Å². The molecule has 1 aliphatic carbocycles. The molecule has 1 heterocycles. The average Bonchev–Trinajstić information content (AvgIpc) is 2.93. The number of hydrogen-bond donors (Lipinski definition) is 0. The van der Waals surface area contributed by atoms with Crippen LogP contribution in [0.4, 0.5) is 5.69 Å². The third kappa shape index (κ3) is 3.58. The number of fused-ring (bicyclic) bond motifs is 3. The molecule has 3 aromatic rings. The number of nitrogens with zero attached hydrogens (tertiary/aromatic N) is 1. The smallest absolute Gasteiger partial charge is 0.0405 e. The highest BCUT2D eigenvalue weighted by atomic mass is 15.2. The Bertz CT molecular complexity index is 977. The fourth-order valence-electron chi connectivity index (χ4n) is 5.56. The lowest BCUT2D eigenvalue weighted by Gasteiger charge is -2.28. The van der Waals surface area contributed by atoms with Crippen molar-refractivity contribution in [1.29, 1.82) is 0 Å². The first-order chi connectivity index (χ1) is 14.8. The molecule has 2 atom stereocenters. The molecule has 1 fully saturated rings. The van der Waals surface area contributed by atoms with Crippen molar-refractivity contribution >= 4 is 17.3 Å². The first-order valence-electron chi connectivity index (χ1n) is 11.6. The molecule has 1 nitrogen and oxygen atoms in total. The summed E-state index contributed by atoms with van der Waals surface area (Å²) < 4.78 is 0. The summed E-state index contributed by atoms with van der Waals surface area (Å²) >= 11 is 0. The van der Waals surface area contributed by atoms with Gasteiger partial charge in [-0.05, 0) is 65.8 Å². The molecule has 30 heavy (non-hydrogen) atoms. The minimum atomic E-state index is 0.702. The summed E-state index contributed by atoms with van der Waals surface area (Å²) in [6.45, 7) is 3.43. The predicted octanol–water partition coefficient (Wildman–Crippen LogP) is 7.53. The van der Waals surface area contributed by atoms with Crippen molar-refractivity contribution in [1.82, 2.24) is 0 Å². The second-order valence-corrected chi connectivity index (χ2v) is 8.71. The van der Waals surface area contributed by atoms with Crippen molar-refractivity contribution in [2.24, 2.45) is 0 Å². The van der Waals surface area contributed by atoms with E-state index in [9.17, 15) is 0 Å². The van der Waals surface area contributed by atoms with Gasteiger partial charge in [0.05, 0.1) is 0 Å². The minimum absolute atomic E-state index is 0.702. The lowest BCUT2D eigenvalue weighted by atomic mass is 9.89. The third-order valence-electron chi connectivity index (χ3n) is 6.96. The average molecular weight is 394 g/mol. The lowest BCUT2D eigenvalue weighted by molar-refractivity contribution is 0.504.